The third-order valence-corrected chi connectivity index (χ3v) is 8.96. The van der Waals surface area contributed by atoms with E-state index in [-0.39, 0.29) is 30.5 Å². The predicted octanol–water partition coefficient (Wildman–Crippen LogP) is 7.53. The van der Waals surface area contributed by atoms with Gasteiger partial charge in [-0.05, 0) is 62.4 Å². The Hall–Kier alpha value is -3.28. The molecule has 1 aliphatic rings. The van der Waals surface area contributed by atoms with Gasteiger partial charge >= 0.3 is 5.97 Å². The number of anilines is 2. The van der Waals surface area contributed by atoms with Gasteiger partial charge in [-0.3, -0.25) is 14.5 Å². The van der Waals surface area contributed by atoms with Crippen LogP contribution in [0, 0.1) is 11.8 Å². The summed E-state index contributed by atoms with van der Waals surface area (Å²) in [5.74, 6) is 1.32. The second-order valence-electron chi connectivity index (χ2n) is 12.7. The number of hydrogen-bond donors (Lipinski definition) is 1. The lowest BCUT2D eigenvalue weighted by Gasteiger charge is -2.26. The molecule has 0 unspecified atom stereocenters. The third kappa shape index (κ3) is 11.7. The van der Waals surface area contributed by atoms with Crippen LogP contribution in [0.5, 0.6) is 11.5 Å². The molecule has 4 rings (SSSR count). The summed E-state index contributed by atoms with van der Waals surface area (Å²) < 4.78 is 23.4. The van der Waals surface area contributed by atoms with Crippen LogP contribution in [0.1, 0.15) is 71.3 Å². The molecular formula is C37H51BrN4O6. The van der Waals surface area contributed by atoms with Gasteiger partial charge in [0.15, 0.2) is 11.5 Å². The van der Waals surface area contributed by atoms with Crippen LogP contribution in [0.15, 0.2) is 41.1 Å². The first-order valence-corrected chi connectivity index (χ1v) is 18.1. The molecule has 0 amide bonds. The maximum atomic E-state index is 13.3. The van der Waals surface area contributed by atoms with Gasteiger partial charge in [0.05, 0.1) is 45.0 Å². The zero-order chi connectivity index (χ0) is 34.3. The monoisotopic (exact) mass is 726 g/mol. The van der Waals surface area contributed by atoms with Gasteiger partial charge in [0.1, 0.15) is 17.9 Å². The van der Waals surface area contributed by atoms with Crippen molar-refractivity contribution < 1.29 is 28.5 Å². The van der Waals surface area contributed by atoms with Crippen molar-refractivity contribution in [1.82, 2.24) is 14.9 Å². The third-order valence-electron chi connectivity index (χ3n) is 8.46. The van der Waals surface area contributed by atoms with E-state index in [0.29, 0.717) is 42.5 Å². The molecular weight excluding hydrogens is 676 g/mol. The van der Waals surface area contributed by atoms with E-state index in [4.69, 9.17) is 18.9 Å². The minimum atomic E-state index is -0.455. The van der Waals surface area contributed by atoms with Crippen LogP contribution in [-0.4, -0.2) is 79.8 Å². The number of halogens is 1. The Kier molecular flexibility index (Phi) is 15.4. The van der Waals surface area contributed by atoms with Gasteiger partial charge in [-0.15, -0.1) is 0 Å². The lowest BCUT2D eigenvalue weighted by Crippen LogP contribution is -2.36. The van der Waals surface area contributed by atoms with Gasteiger partial charge in [0, 0.05) is 47.5 Å². The fourth-order valence-corrected chi connectivity index (χ4v) is 6.37. The highest BCUT2D eigenvalue weighted by molar-refractivity contribution is 9.10. The minimum Gasteiger partial charge on any atom is -0.493 e. The molecule has 10 nitrogen and oxygen atoms in total. The number of ether oxygens (including phenoxy) is 4. The molecule has 1 aliphatic heterocycles. The van der Waals surface area contributed by atoms with E-state index in [1.54, 1.807) is 14.0 Å². The molecule has 1 fully saturated rings. The molecule has 1 aromatic heterocycles. The smallest absolute Gasteiger partial charge is 0.309 e. The molecule has 0 spiro atoms. The van der Waals surface area contributed by atoms with Gasteiger partial charge in [-0.2, -0.15) is 0 Å². The maximum absolute atomic E-state index is 13.3. The average molecular weight is 728 g/mol. The molecule has 0 saturated carbocycles. The highest BCUT2D eigenvalue weighted by atomic mass is 79.9. The highest BCUT2D eigenvalue weighted by Crippen LogP contribution is 2.36. The van der Waals surface area contributed by atoms with Crippen LogP contribution >= 0.6 is 15.9 Å². The first kappa shape index (κ1) is 37.5. The van der Waals surface area contributed by atoms with Crippen LogP contribution in [0.4, 0.5) is 11.5 Å². The Morgan fingerprint density at radius 2 is 1.79 bits per heavy atom. The second kappa shape index (κ2) is 19.7. The second-order valence-corrected chi connectivity index (χ2v) is 13.7. The van der Waals surface area contributed by atoms with Crippen molar-refractivity contribution in [2.24, 2.45) is 11.8 Å². The number of morpholine rings is 1. The summed E-state index contributed by atoms with van der Waals surface area (Å²) in [7, 11) is 1.63. The van der Waals surface area contributed by atoms with Gasteiger partial charge < -0.3 is 24.3 Å². The number of hydrogen-bond acceptors (Lipinski definition) is 10. The largest absolute Gasteiger partial charge is 0.493 e. The molecule has 11 heteroatoms. The lowest BCUT2D eigenvalue weighted by atomic mass is 9.90. The first-order valence-electron chi connectivity index (χ1n) is 17.3. The molecule has 0 bridgehead atoms. The minimum absolute atomic E-state index is 0.0239. The molecule has 48 heavy (non-hydrogen) atoms. The van der Waals surface area contributed by atoms with Crippen LogP contribution < -0.4 is 14.8 Å². The number of nitrogens with zero attached hydrogens (tertiary/aromatic N) is 3. The van der Waals surface area contributed by atoms with Crippen molar-refractivity contribution in [2.45, 2.75) is 72.1 Å². The summed E-state index contributed by atoms with van der Waals surface area (Å²) in [6, 6.07) is 9.52. The van der Waals surface area contributed by atoms with Crippen molar-refractivity contribution in [3.8, 4) is 11.5 Å². The number of methoxy groups -OCH3 is 1. The van der Waals surface area contributed by atoms with E-state index in [9.17, 15) is 9.59 Å². The van der Waals surface area contributed by atoms with Crippen LogP contribution in [0.25, 0.3) is 10.9 Å². The van der Waals surface area contributed by atoms with E-state index in [1.807, 2.05) is 44.2 Å². The summed E-state index contributed by atoms with van der Waals surface area (Å²) in [5, 5.41) is 4.21. The molecule has 0 aliphatic carbocycles. The van der Waals surface area contributed by atoms with Gasteiger partial charge in [-0.1, -0.05) is 55.1 Å². The number of ketones is 1. The van der Waals surface area contributed by atoms with E-state index in [1.165, 1.54) is 25.6 Å². The first-order chi connectivity index (χ1) is 23.3. The Morgan fingerprint density at radius 3 is 2.54 bits per heavy atom. The Morgan fingerprint density at radius 1 is 1.02 bits per heavy atom. The van der Waals surface area contributed by atoms with Gasteiger partial charge in [0.2, 0.25) is 0 Å². The summed E-state index contributed by atoms with van der Waals surface area (Å²) in [6.07, 6.45) is 8.10. The van der Waals surface area contributed by atoms with E-state index < -0.39 is 5.92 Å². The molecule has 1 saturated heterocycles. The number of esters is 1. The van der Waals surface area contributed by atoms with Crippen molar-refractivity contribution >= 4 is 50.1 Å². The van der Waals surface area contributed by atoms with Gasteiger partial charge in [-0.25, -0.2) is 9.97 Å². The SMILES string of the molecule is CCOC(=O)[C@@H](CC(=O)Cc1ccc(Br)cc1Nc1ncnc2cc(OC)c(OCCCCCCCN3CCOCC3)cc12)CC(C)C. The van der Waals surface area contributed by atoms with Crippen molar-refractivity contribution in [3.05, 3.63) is 46.7 Å². The Bertz CT molecular complexity index is 1480. The Labute approximate surface area is 293 Å². The number of Topliss-reactive ketones (excluding diaryl/α,β-unsaturated/α-hetero) is 1. The number of aromatic nitrogens is 2. The number of fused-ring (bicyclic) bond motifs is 1. The number of nitrogens with one attached hydrogen (secondary N) is 1. The highest BCUT2D eigenvalue weighted by Gasteiger charge is 2.25. The Balaban J connectivity index is 1.40. The van der Waals surface area contributed by atoms with Crippen molar-refractivity contribution in [3.63, 3.8) is 0 Å². The normalized spacial score (nSPS) is 14.2. The number of carbonyl (C=O) groups is 2. The fraction of sp³-hybridized carbons (Fsp3) is 0.568. The number of benzene rings is 2. The number of carbonyl (C=O) groups excluding carboxylic acids is 2. The van der Waals surface area contributed by atoms with Crippen molar-refractivity contribution in [1.29, 1.82) is 0 Å². The van der Waals surface area contributed by atoms with E-state index >= 15 is 0 Å². The molecule has 1 N–H and O–H groups in total. The molecule has 2 heterocycles. The number of rotatable bonds is 20. The summed E-state index contributed by atoms with van der Waals surface area (Å²) in [4.78, 5) is 37.4. The zero-order valence-electron chi connectivity index (χ0n) is 28.9. The topological polar surface area (TPSA) is 112 Å². The standard InChI is InChI=1S/C37H51BrN4O6/c1-5-47-37(44)28(19-26(2)3)21-30(43)20-27-11-12-29(38)22-32(27)41-36-31-23-35(34(45-4)24-33(31)39-25-40-36)48-16-10-8-6-7-9-13-42-14-17-46-18-15-42/h11-12,22-26,28H,5-10,13-21H2,1-4H3,(H,39,40,41)/t28-/m1/s1. The number of unbranched alkanes of at least 4 members (excludes halogenated alkanes) is 4. The summed E-state index contributed by atoms with van der Waals surface area (Å²) in [6.45, 7) is 11.7. The summed E-state index contributed by atoms with van der Waals surface area (Å²) in [5.41, 5.74) is 2.24. The molecule has 1 atom stereocenters. The van der Waals surface area contributed by atoms with Crippen LogP contribution in [0.2, 0.25) is 0 Å². The quantitative estimate of drug-likeness (QED) is 0.0926. The van der Waals surface area contributed by atoms with E-state index in [2.05, 4.69) is 36.1 Å². The summed E-state index contributed by atoms with van der Waals surface area (Å²) >= 11 is 3.57. The van der Waals surface area contributed by atoms with Gasteiger partial charge in [0.25, 0.3) is 0 Å². The van der Waals surface area contributed by atoms with E-state index in [0.717, 1.165) is 66.8 Å². The fourth-order valence-electron chi connectivity index (χ4n) is 6.01. The van der Waals surface area contributed by atoms with Crippen LogP contribution in [0.3, 0.4) is 0 Å². The van der Waals surface area contributed by atoms with Crippen LogP contribution in [-0.2, 0) is 25.5 Å². The van der Waals surface area contributed by atoms with Crippen molar-refractivity contribution in [2.75, 3.05) is 58.5 Å². The average Bonchev–Trinajstić information content (AvgIpc) is 3.07. The maximum Gasteiger partial charge on any atom is 0.309 e. The zero-order valence-corrected chi connectivity index (χ0v) is 30.5. The molecule has 3 aromatic rings. The molecule has 0 radical (unpaired) electrons. The lowest BCUT2D eigenvalue weighted by molar-refractivity contribution is -0.150. The predicted molar refractivity (Wildman–Crippen MR) is 192 cm³/mol. The molecule has 2 aromatic carbocycles. The molecule has 262 valence electrons.